The quantitative estimate of drug-likeness (QED) is 0.0426. The van der Waals surface area contributed by atoms with Crippen LogP contribution in [0.3, 0.4) is 0 Å². The number of rotatable bonds is 21. The van der Waals surface area contributed by atoms with Crippen molar-refractivity contribution in [1.82, 2.24) is 4.90 Å². The fourth-order valence-corrected chi connectivity index (χ4v) is 8.73. The molecule has 1 heterocycles. The van der Waals surface area contributed by atoms with Gasteiger partial charge in [-0.2, -0.15) is 0 Å². The Balaban J connectivity index is 1.75. The van der Waals surface area contributed by atoms with E-state index in [1.165, 1.54) is 14.2 Å². The smallest absolute Gasteiger partial charge is 0.410 e. The summed E-state index contributed by atoms with van der Waals surface area (Å²) >= 11 is 5.96. The van der Waals surface area contributed by atoms with Crippen LogP contribution < -0.4 is 14.2 Å². The molecule has 2 aromatic rings. The molecule has 0 unspecified atom stereocenters. The lowest BCUT2D eigenvalue weighted by Crippen LogP contribution is -2.70. The van der Waals surface area contributed by atoms with Gasteiger partial charge < -0.3 is 38.7 Å². The van der Waals surface area contributed by atoms with Crippen molar-refractivity contribution in [3.05, 3.63) is 71.8 Å². The van der Waals surface area contributed by atoms with Gasteiger partial charge in [0.25, 0.3) is 0 Å². The van der Waals surface area contributed by atoms with E-state index in [9.17, 15) is 19.8 Å². The summed E-state index contributed by atoms with van der Waals surface area (Å²) in [4.78, 5) is 32.9. The van der Waals surface area contributed by atoms with Crippen LogP contribution in [0.15, 0.2) is 65.9 Å². The van der Waals surface area contributed by atoms with Crippen molar-refractivity contribution in [3.8, 4) is 23.0 Å². The number of aliphatic hydroxyl groups is 2. The summed E-state index contributed by atoms with van der Waals surface area (Å²) in [7, 11) is 3.02. The molecule has 5 rings (SSSR count). The van der Waals surface area contributed by atoms with Gasteiger partial charge in [0.2, 0.25) is 5.79 Å². The van der Waals surface area contributed by atoms with Gasteiger partial charge in [0.15, 0.2) is 6.29 Å². The van der Waals surface area contributed by atoms with Gasteiger partial charge in [0.05, 0.1) is 36.8 Å². The molecular weight excluding hydrogens is 728 g/mol. The topological polar surface area (TPSA) is 146 Å². The number of nitrogens with zero attached hydrogens (tertiary/aromatic N) is 2. The molecule has 12 nitrogen and oxygen atoms in total. The Kier molecular flexibility index (Phi) is 15.4. The summed E-state index contributed by atoms with van der Waals surface area (Å²) in [6.07, 6.45) is 9.59. The summed E-state index contributed by atoms with van der Waals surface area (Å²) in [5.74, 6) is 0.197. The fraction of sp³-hybridized carbons (Fsp3) is 0.548. The molecule has 2 N–H and O–H groups in total. The van der Waals surface area contributed by atoms with Crippen LogP contribution in [0, 0.1) is 17.8 Å². The van der Waals surface area contributed by atoms with Gasteiger partial charge >= 0.3 is 6.09 Å². The number of aldehydes is 1. The van der Waals surface area contributed by atoms with Crippen molar-refractivity contribution in [2.45, 2.75) is 76.0 Å². The Labute approximate surface area is 329 Å². The number of hydrogen-bond donors (Lipinski definition) is 2. The minimum atomic E-state index is -1.40. The second-order valence-electron chi connectivity index (χ2n) is 14.1. The number of carbonyl (C=O) groups excluding carboxylic acids is 2. The Bertz CT molecular complexity index is 1680. The minimum Gasteiger partial charge on any atom is -0.496 e. The molecule has 1 saturated carbocycles. The van der Waals surface area contributed by atoms with Crippen LogP contribution in [-0.2, 0) is 14.3 Å². The monoisotopic (exact) mass is 782 g/mol. The highest BCUT2D eigenvalue weighted by Crippen LogP contribution is 2.62. The predicted octanol–water partition coefficient (Wildman–Crippen LogP) is 7.65. The molecule has 13 heteroatoms. The number of hydrogen-bond acceptors (Lipinski definition) is 11. The average molecular weight is 783 g/mol. The van der Waals surface area contributed by atoms with E-state index in [1.807, 2.05) is 25.1 Å². The lowest BCUT2D eigenvalue weighted by molar-refractivity contribution is -0.255. The number of alkyl halides is 1. The molecule has 0 spiro atoms. The first-order valence-electron chi connectivity index (χ1n) is 19.3. The Hall–Kier alpha value is -4.10. The van der Waals surface area contributed by atoms with Gasteiger partial charge in [-0.1, -0.05) is 37.1 Å². The number of unbranched alkanes of at least 4 members (excludes halogenated alkanes) is 2. The summed E-state index contributed by atoms with van der Waals surface area (Å²) in [6, 6.07) is 10.1. The number of halogens is 1. The predicted molar refractivity (Wildman–Crippen MR) is 209 cm³/mol. The number of fused-ring (bicyclic) bond motifs is 2. The second kappa shape index (κ2) is 20.2. The van der Waals surface area contributed by atoms with Crippen LogP contribution in [0.25, 0.3) is 0 Å². The number of oxime groups is 1. The third kappa shape index (κ3) is 9.14. The van der Waals surface area contributed by atoms with E-state index in [2.05, 4.69) is 17.8 Å². The van der Waals surface area contributed by atoms with Crippen LogP contribution in [0.4, 0.5) is 4.79 Å². The lowest BCUT2D eigenvalue weighted by Gasteiger charge is -2.59. The van der Waals surface area contributed by atoms with Gasteiger partial charge in [0.1, 0.15) is 42.8 Å². The van der Waals surface area contributed by atoms with Crippen LogP contribution in [0.1, 0.15) is 80.1 Å². The molecule has 0 aromatic heterocycles. The number of allylic oxidation sites excluding steroid dienone is 1. The van der Waals surface area contributed by atoms with Gasteiger partial charge in [-0.25, -0.2) is 4.79 Å². The molecule has 2 aliphatic carbocycles. The van der Waals surface area contributed by atoms with Gasteiger partial charge in [-0.15, -0.1) is 18.2 Å². The van der Waals surface area contributed by atoms with E-state index < -0.39 is 23.8 Å². The molecule has 1 amide bonds. The summed E-state index contributed by atoms with van der Waals surface area (Å²) in [6.45, 7) is 6.68. The maximum Gasteiger partial charge on any atom is 0.410 e. The Morgan fingerprint density at radius 1 is 1.09 bits per heavy atom. The Morgan fingerprint density at radius 2 is 1.84 bits per heavy atom. The van der Waals surface area contributed by atoms with Crippen LogP contribution in [0.2, 0.25) is 0 Å². The van der Waals surface area contributed by atoms with Crippen LogP contribution in [-0.4, -0.2) is 98.1 Å². The SMILES string of the molecule is C=CCO[C@@]12Oc3ccc(Oc4ccc(OC)c(C=O)c4)cc3[C@H]3[C@H](CCCCO)[C@@H](CCCCO)C=C(C(=NOC)C[C@@H]1N(CCC)C(=O)OCCCl)[C@H]32. The maximum atomic E-state index is 13.9. The van der Waals surface area contributed by atoms with Crippen molar-refractivity contribution in [3.63, 3.8) is 0 Å². The third-order valence-electron chi connectivity index (χ3n) is 10.8. The van der Waals surface area contributed by atoms with E-state index in [0.29, 0.717) is 60.1 Å². The van der Waals surface area contributed by atoms with E-state index in [0.717, 1.165) is 43.1 Å². The molecular formula is C42H55ClN2O10. The largest absolute Gasteiger partial charge is 0.496 e. The molecule has 3 aliphatic rings. The number of methoxy groups -OCH3 is 1. The van der Waals surface area contributed by atoms with Crippen LogP contribution in [0.5, 0.6) is 23.0 Å². The first kappa shape index (κ1) is 42.1. The summed E-state index contributed by atoms with van der Waals surface area (Å²) in [5.41, 5.74) is 2.88. The van der Waals surface area contributed by atoms with E-state index in [-0.39, 0.29) is 56.5 Å². The fourth-order valence-electron chi connectivity index (χ4n) is 8.65. The Morgan fingerprint density at radius 3 is 2.51 bits per heavy atom. The van der Waals surface area contributed by atoms with Gasteiger partial charge in [0, 0.05) is 37.7 Å². The average Bonchev–Trinajstić information content (AvgIpc) is 3.20. The molecule has 1 fully saturated rings. The molecule has 0 bridgehead atoms. The van der Waals surface area contributed by atoms with E-state index >= 15 is 0 Å². The second-order valence-corrected chi connectivity index (χ2v) is 14.5. The maximum absolute atomic E-state index is 13.9. The number of aliphatic hydroxyl groups excluding tert-OH is 2. The number of carbonyl (C=O) groups is 2. The number of amides is 1. The number of ether oxygens (including phenoxy) is 5. The molecule has 0 saturated heterocycles. The zero-order valence-corrected chi connectivity index (χ0v) is 32.9. The molecule has 6 atom stereocenters. The van der Waals surface area contributed by atoms with Crippen LogP contribution >= 0.6 is 11.6 Å². The first-order chi connectivity index (χ1) is 26.8. The van der Waals surface area contributed by atoms with Gasteiger partial charge in [-0.3, -0.25) is 9.69 Å². The normalized spacial score (nSPS) is 24.4. The summed E-state index contributed by atoms with van der Waals surface area (Å²) < 4.78 is 31.5. The van der Waals surface area contributed by atoms with E-state index in [1.54, 1.807) is 29.2 Å². The van der Waals surface area contributed by atoms with Crippen molar-refractivity contribution in [2.24, 2.45) is 22.9 Å². The zero-order valence-electron chi connectivity index (χ0n) is 32.1. The lowest BCUT2D eigenvalue weighted by atomic mass is 9.55. The molecule has 1 aliphatic heterocycles. The van der Waals surface area contributed by atoms with Gasteiger partial charge in [-0.05, 0) is 85.9 Å². The number of benzene rings is 2. The standard InChI is InChI=1S/C42H55ClN2O10/c1-5-18-45(41(49)52-22-17-43)38-26-35(44-51-4)33-24-28(11-7-9-19-46)32(12-8-10-20-47)39-34-25-31(54-30-13-15-36(50-3)29(23-30)27-48)14-16-37(34)55-42(38,40(33)39)53-21-6-2/h6,13-16,23-25,27-28,32,38-40,46-47H,2,5,7-12,17-22,26H2,1,3-4H3/t28-,32+,38-,39+,40+,42+/m0/s1. The highest BCUT2D eigenvalue weighted by Gasteiger charge is 2.65. The van der Waals surface area contributed by atoms with Crippen molar-refractivity contribution >= 4 is 29.7 Å². The zero-order chi connectivity index (χ0) is 39.4. The highest BCUT2D eigenvalue weighted by atomic mass is 35.5. The highest BCUT2D eigenvalue weighted by molar-refractivity contribution is 6.18. The summed E-state index contributed by atoms with van der Waals surface area (Å²) in [5, 5.41) is 24.2. The van der Waals surface area contributed by atoms with Crippen molar-refractivity contribution in [1.29, 1.82) is 0 Å². The minimum absolute atomic E-state index is 0.0385. The molecule has 0 radical (unpaired) electrons. The molecule has 2 aromatic carbocycles. The third-order valence-corrected chi connectivity index (χ3v) is 10.9. The van der Waals surface area contributed by atoms with Crippen molar-refractivity contribution in [2.75, 3.05) is 53.1 Å². The molecule has 300 valence electrons. The molecule has 55 heavy (non-hydrogen) atoms. The van der Waals surface area contributed by atoms with E-state index in [4.69, 9.17) is 40.1 Å². The van der Waals surface area contributed by atoms with Crippen molar-refractivity contribution < 1.29 is 48.3 Å². The first-order valence-corrected chi connectivity index (χ1v) is 19.8.